The first-order chi connectivity index (χ1) is 8.43. The molecule has 0 aliphatic carbocycles. The van der Waals surface area contributed by atoms with Crippen LogP contribution in [0.15, 0.2) is 11.8 Å². The van der Waals surface area contributed by atoms with Crippen molar-refractivity contribution in [2.75, 3.05) is 13.2 Å². The maximum Gasteiger partial charge on any atom is 0.252 e. The van der Waals surface area contributed by atoms with Gasteiger partial charge in [-0.25, -0.2) is 0 Å². The zero-order chi connectivity index (χ0) is 13.7. The second-order valence-electron chi connectivity index (χ2n) is 3.95. The number of hydrogen-bond acceptors (Lipinski definition) is 7. The molecule has 0 bridgehead atoms. The van der Waals surface area contributed by atoms with E-state index < -0.39 is 36.7 Å². The van der Waals surface area contributed by atoms with Crippen LogP contribution in [0.4, 0.5) is 0 Å². The molecule has 0 spiro atoms. The summed E-state index contributed by atoms with van der Waals surface area (Å²) >= 11 is 0. The minimum atomic E-state index is -1.52. The number of imide groups is 1. The fourth-order valence-electron chi connectivity index (χ4n) is 1.43. The SMILES string of the molecule is O=C1C=C(NC[C@H](O)[C@H](O)[C@H](O)CO)CC(=O)N1. The van der Waals surface area contributed by atoms with Crippen molar-refractivity contribution in [3.8, 4) is 0 Å². The van der Waals surface area contributed by atoms with E-state index in [-0.39, 0.29) is 13.0 Å². The van der Waals surface area contributed by atoms with Gasteiger partial charge in [-0.2, -0.15) is 0 Å². The molecule has 8 heteroatoms. The van der Waals surface area contributed by atoms with Gasteiger partial charge in [0, 0.05) is 18.3 Å². The number of carbonyl (C=O) groups is 2. The fourth-order valence-corrected chi connectivity index (χ4v) is 1.43. The van der Waals surface area contributed by atoms with Crippen molar-refractivity contribution >= 4 is 11.8 Å². The molecular weight excluding hydrogens is 244 g/mol. The van der Waals surface area contributed by atoms with Gasteiger partial charge in [0.1, 0.15) is 12.2 Å². The number of nitrogens with one attached hydrogen (secondary N) is 2. The minimum absolute atomic E-state index is 0.0306. The molecule has 1 rings (SSSR count). The number of aliphatic hydroxyl groups is 4. The maximum absolute atomic E-state index is 11.0. The Kier molecular flexibility index (Phi) is 5.23. The van der Waals surface area contributed by atoms with Crippen LogP contribution in [0.25, 0.3) is 0 Å². The van der Waals surface area contributed by atoms with Crippen LogP contribution in [0.5, 0.6) is 0 Å². The van der Waals surface area contributed by atoms with Crippen LogP contribution in [-0.2, 0) is 9.59 Å². The Hall–Kier alpha value is -1.48. The highest BCUT2D eigenvalue weighted by atomic mass is 16.4. The molecule has 0 aromatic heterocycles. The molecule has 0 radical (unpaired) electrons. The first-order valence-corrected chi connectivity index (χ1v) is 5.37. The van der Waals surface area contributed by atoms with E-state index >= 15 is 0 Å². The third-order valence-electron chi connectivity index (χ3n) is 2.43. The number of carbonyl (C=O) groups excluding carboxylic acids is 2. The third-order valence-corrected chi connectivity index (χ3v) is 2.43. The van der Waals surface area contributed by atoms with E-state index in [1.54, 1.807) is 0 Å². The second-order valence-corrected chi connectivity index (χ2v) is 3.95. The van der Waals surface area contributed by atoms with Crippen molar-refractivity contribution in [2.45, 2.75) is 24.7 Å². The Bertz CT molecular complexity index is 356. The first kappa shape index (κ1) is 14.6. The lowest BCUT2D eigenvalue weighted by Gasteiger charge is -2.23. The quantitative estimate of drug-likeness (QED) is 0.273. The lowest BCUT2D eigenvalue weighted by molar-refractivity contribution is -0.128. The molecule has 18 heavy (non-hydrogen) atoms. The van der Waals surface area contributed by atoms with Crippen LogP contribution in [-0.4, -0.2) is 63.7 Å². The van der Waals surface area contributed by atoms with Crippen molar-refractivity contribution in [2.24, 2.45) is 0 Å². The number of aliphatic hydroxyl groups excluding tert-OH is 4. The minimum Gasteiger partial charge on any atom is -0.394 e. The van der Waals surface area contributed by atoms with Gasteiger partial charge < -0.3 is 25.7 Å². The van der Waals surface area contributed by atoms with Crippen molar-refractivity contribution in [3.05, 3.63) is 11.8 Å². The lowest BCUT2D eigenvalue weighted by Crippen LogP contribution is -2.45. The largest absolute Gasteiger partial charge is 0.394 e. The topological polar surface area (TPSA) is 139 Å². The highest BCUT2D eigenvalue weighted by Crippen LogP contribution is 2.04. The Balaban J connectivity index is 2.45. The van der Waals surface area contributed by atoms with E-state index in [2.05, 4.69) is 10.6 Å². The van der Waals surface area contributed by atoms with Gasteiger partial charge in [0.2, 0.25) is 5.91 Å². The molecule has 0 fully saturated rings. The molecule has 0 aromatic carbocycles. The van der Waals surface area contributed by atoms with Crippen LogP contribution >= 0.6 is 0 Å². The van der Waals surface area contributed by atoms with E-state index in [1.165, 1.54) is 6.08 Å². The van der Waals surface area contributed by atoms with Crippen LogP contribution in [0, 0.1) is 0 Å². The molecule has 2 amide bonds. The van der Waals surface area contributed by atoms with Crippen molar-refractivity contribution in [1.29, 1.82) is 0 Å². The summed E-state index contributed by atoms with van der Waals surface area (Å²) in [6.07, 6.45) is -3.17. The Morgan fingerprint density at radius 1 is 1.28 bits per heavy atom. The van der Waals surface area contributed by atoms with Crippen molar-refractivity contribution in [3.63, 3.8) is 0 Å². The maximum atomic E-state index is 11.0. The van der Waals surface area contributed by atoms with Crippen LogP contribution in [0.3, 0.4) is 0 Å². The summed E-state index contributed by atoms with van der Waals surface area (Å²) in [5.41, 5.74) is 0.313. The Morgan fingerprint density at radius 2 is 1.94 bits per heavy atom. The third kappa shape index (κ3) is 4.08. The van der Waals surface area contributed by atoms with Gasteiger partial charge >= 0.3 is 0 Å². The zero-order valence-corrected chi connectivity index (χ0v) is 9.54. The van der Waals surface area contributed by atoms with E-state index in [0.29, 0.717) is 5.70 Å². The number of rotatable bonds is 6. The average molecular weight is 260 g/mol. The van der Waals surface area contributed by atoms with E-state index in [4.69, 9.17) is 10.2 Å². The molecular formula is C10H16N2O6. The van der Waals surface area contributed by atoms with Crippen LogP contribution in [0.1, 0.15) is 6.42 Å². The van der Waals surface area contributed by atoms with Crippen LogP contribution < -0.4 is 10.6 Å². The molecule has 8 nitrogen and oxygen atoms in total. The number of amides is 2. The van der Waals surface area contributed by atoms with E-state index in [1.807, 2.05) is 0 Å². The molecule has 102 valence electrons. The Labute approximate surface area is 103 Å². The van der Waals surface area contributed by atoms with E-state index in [0.717, 1.165) is 0 Å². The zero-order valence-electron chi connectivity index (χ0n) is 9.54. The predicted octanol–water partition coefficient (Wildman–Crippen LogP) is -3.42. The molecule has 0 saturated heterocycles. The highest BCUT2D eigenvalue weighted by molar-refractivity contribution is 6.04. The molecule has 0 aromatic rings. The van der Waals surface area contributed by atoms with E-state index in [9.17, 15) is 19.8 Å². The summed E-state index contributed by atoms with van der Waals surface area (Å²) in [6.45, 7) is -0.841. The summed E-state index contributed by atoms with van der Waals surface area (Å²) in [6, 6.07) is 0. The normalized spacial score (nSPS) is 20.8. The Morgan fingerprint density at radius 3 is 2.50 bits per heavy atom. The highest BCUT2D eigenvalue weighted by Gasteiger charge is 2.24. The fraction of sp³-hybridized carbons (Fsp3) is 0.600. The van der Waals surface area contributed by atoms with Gasteiger partial charge in [-0.05, 0) is 0 Å². The average Bonchev–Trinajstić information content (AvgIpc) is 2.32. The first-order valence-electron chi connectivity index (χ1n) is 5.37. The summed E-state index contributed by atoms with van der Waals surface area (Å²) in [4.78, 5) is 22.0. The van der Waals surface area contributed by atoms with Gasteiger partial charge in [-0.15, -0.1) is 0 Å². The lowest BCUT2D eigenvalue weighted by atomic mass is 10.1. The monoisotopic (exact) mass is 260 g/mol. The standard InChI is InChI=1S/C10H16N2O6/c13-4-7(15)10(18)6(14)3-11-5-1-8(16)12-9(17)2-5/h1,6-7,10-11,13-15,18H,2-4H2,(H,12,16,17)/t6-,7+,10-/m0/s1. The summed E-state index contributed by atoms with van der Waals surface area (Å²) in [7, 11) is 0. The summed E-state index contributed by atoms with van der Waals surface area (Å²) in [5, 5.41) is 41.2. The van der Waals surface area contributed by atoms with Crippen molar-refractivity contribution in [1.82, 2.24) is 10.6 Å². The van der Waals surface area contributed by atoms with Gasteiger partial charge in [-0.1, -0.05) is 0 Å². The number of hydrogen-bond donors (Lipinski definition) is 6. The molecule has 6 N–H and O–H groups in total. The van der Waals surface area contributed by atoms with Gasteiger partial charge in [0.15, 0.2) is 0 Å². The summed E-state index contributed by atoms with van der Waals surface area (Å²) in [5.74, 6) is -1.02. The molecule has 1 aliphatic rings. The molecule has 0 saturated carbocycles. The van der Waals surface area contributed by atoms with Gasteiger partial charge in [0.25, 0.3) is 5.91 Å². The molecule has 1 heterocycles. The molecule has 0 unspecified atom stereocenters. The van der Waals surface area contributed by atoms with Gasteiger partial charge in [0.05, 0.1) is 19.1 Å². The van der Waals surface area contributed by atoms with Crippen molar-refractivity contribution < 1.29 is 30.0 Å². The van der Waals surface area contributed by atoms with Gasteiger partial charge in [-0.3, -0.25) is 14.9 Å². The molecule has 1 aliphatic heterocycles. The molecule has 3 atom stereocenters. The summed E-state index contributed by atoms with van der Waals surface area (Å²) < 4.78 is 0. The second kappa shape index (κ2) is 6.45. The van der Waals surface area contributed by atoms with Crippen LogP contribution in [0.2, 0.25) is 0 Å². The smallest absolute Gasteiger partial charge is 0.252 e. The predicted molar refractivity (Wildman–Crippen MR) is 59.0 cm³/mol.